The molecule has 0 fully saturated rings. The first-order valence-corrected chi connectivity index (χ1v) is 9.29. The van der Waals surface area contributed by atoms with Gasteiger partial charge in [-0.2, -0.15) is 13.2 Å². The van der Waals surface area contributed by atoms with E-state index in [1.54, 1.807) is 18.2 Å². The van der Waals surface area contributed by atoms with Crippen molar-refractivity contribution >= 4 is 23.3 Å². The molecule has 0 spiro atoms. The van der Waals surface area contributed by atoms with E-state index in [2.05, 4.69) is 0 Å². The van der Waals surface area contributed by atoms with Gasteiger partial charge in [0.05, 0.1) is 22.6 Å². The Morgan fingerprint density at radius 2 is 1.84 bits per heavy atom. The van der Waals surface area contributed by atoms with E-state index in [4.69, 9.17) is 14.2 Å². The van der Waals surface area contributed by atoms with Crippen LogP contribution in [0.1, 0.15) is 18.1 Å². The maximum atomic E-state index is 13.2. The van der Waals surface area contributed by atoms with E-state index >= 15 is 0 Å². The first kappa shape index (κ1) is 22.8. The molecule has 2 aromatic rings. The highest BCUT2D eigenvalue weighted by molar-refractivity contribution is 5.96. The van der Waals surface area contributed by atoms with Gasteiger partial charge in [-0.05, 0) is 30.7 Å². The summed E-state index contributed by atoms with van der Waals surface area (Å²) in [6.07, 6.45) is -6.58. The summed E-state index contributed by atoms with van der Waals surface area (Å²) in [5.41, 5.74) is -2.34. The molecular weight excluding hydrogens is 437 g/mol. The molecule has 9 nitrogen and oxygen atoms in total. The smallest absolute Gasteiger partial charge is 0.418 e. The maximum absolute atomic E-state index is 13.2. The molecule has 1 heterocycles. The lowest BCUT2D eigenvalue weighted by Crippen LogP contribution is -2.31. The number of benzene rings is 2. The van der Waals surface area contributed by atoms with Crippen molar-refractivity contribution in [2.24, 2.45) is 0 Å². The van der Waals surface area contributed by atoms with Crippen LogP contribution in [-0.4, -0.2) is 36.1 Å². The van der Waals surface area contributed by atoms with Crippen LogP contribution in [-0.2, 0) is 26.9 Å². The average Bonchev–Trinajstić information content (AvgIpc) is 2.72. The van der Waals surface area contributed by atoms with Gasteiger partial charge >= 0.3 is 12.1 Å². The quantitative estimate of drug-likeness (QED) is 0.403. The van der Waals surface area contributed by atoms with Crippen LogP contribution in [0.5, 0.6) is 11.5 Å². The Hall–Kier alpha value is -3.83. The van der Waals surface area contributed by atoms with Gasteiger partial charge in [0.2, 0.25) is 0 Å². The van der Waals surface area contributed by atoms with Gasteiger partial charge in [-0.1, -0.05) is 6.07 Å². The van der Waals surface area contributed by atoms with Crippen molar-refractivity contribution in [2.75, 3.05) is 18.5 Å². The summed E-state index contributed by atoms with van der Waals surface area (Å²) < 4.78 is 55.5. The minimum atomic E-state index is -4.95. The molecule has 1 unspecified atom stereocenters. The van der Waals surface area contributed by atoms with Crippen molar-refractivity contribution in [2.45, 2.75) is 25.6 Å². The maximum Gasteiger partial charge on any atom is 0.418 e. The number of halogens is 3. The molecule has 1 aliphatic rings. The number of hydrogen-bond acceptors (Lipinski definition) is 7. The third kappa shape index (κ3) is 5.45. The number of rotatable bonds is 6. The highest BCUT2D eigenvalue weighted by atomic mass is 19.4. The number of esters is 1. The zero-order valence-electron chi connectivity index (χ0n) is 16.6. The van der Waals surface area contributed by atoms with Gasteiger partial charge in [0, 0.05) is 12.1 Å². The predicted molar refractivity (Wildman–Crippen MR) is 103 cm³/mol. The minimum absolute atomic E-state index is 0.209. The molecule has 0 aliphatic carbocycles. The lowest BCUT2D eigenvalue weighted by molar-refractivity contribution is -0.385. The Labute approximate surface area is 179 Å². The molecule has 1 N–H and O–H groups in total. The highest BCUT2D eigenvalue weighted by Crippen LogP contribution is 2.37. The van der Waals surface area contributed by atoms with Gasteiger partial charge in [-0.3, -0.25) is 19.7 Å². The van der Waals surface area contributed by atoms with Crippen LogP contribution in [0.25, 0.3) is 0 Å². The summed E-state index contributed by atoms with van der Waals surface area (Å²) in [6.45, 7) is 1.96. The Bertz CT molecular complexity index is 1060. The zero-order chi connectivity index (χ0) is 23.5. The molecule has 1 atom stereocenters. The molecule has 12 heteroatoms. The second-order valence-corrected chi connectivity index (χ2v) is 6.76. The number of carbonyl (C=O) groups is 2. The van der Waals surface area contributed by atoms with Gasteiger partial charge < -0.3 is 19.5 Å². The van der Waals surface area contributed by atoms with Gasteiger partial charge in [0.25, 0.3) is 11.6 Å². The molecular formula is C20H17F3N2O7. The van der Waals surface area contributed by atoms with Crippen LogP contribution in [0.3, 0.4) is 0 Å². The predicted octanol–water partition coefficient (Wildman–Crippen LogP) is 3.50. The number of non-ortho nitro benzene ring substituents is 1. The Kier molecular flexibility index (Phi) is 6.51. The molecule has 0 saturated heterocycles. The van der Waals surface area contributed by atoms with Crippen LogP contribution >= 0.6 is 0 Å². The van der Waals surface area contributed by atoms with Gasteiger partial charge in [0.15, 0.2) is 17.6 Å². The number of alkyl halides is 3. The summed E-state index contributed by atoms with van der Waals surface area (Å²) >= 11 is 0. The highest BCUT2D eigenvalue weighted by Gasteiger charge is 2.36. The number of hydrogen-bond donors (Lipinski definition) is 1. The van der Waals surface area contributed by atoms with Crippen LogP contribution in [0.15, 0.2) is 36.4 Å². The van der Waals surface area contributed by atoms with Crippen molar-refractivity contribution in [3.63, 3.8) is 0 Å². The average molecular weight is 454 g/mol. The second kappa shape index (κ2) is 9.12. The fourth-order valence-electron chi connectivity index (χ4n) is 2.88. The Morgan fingerprint density at radius 3 is 2.50 bits per heavy atom. The molecule has 1 aliphatic heterocycles. The molecule has 170 valence electrons. The van der Waals surface area contributed by atoms with E-state index in [9.17, 15) is 32.9 Å². The first-order valence-electron chi connectivity index (χ1n) is 9.29. The SMILES string of the molecule is CC(OC(=O)Cc1ccc2c(c1)OCCO2)C(=O)Nc1ccc([N+](=O)[O-])cc1C(F)(F)F. The fourth-order valence-corrected chi connectivity index (χ4v) is 2.88. The molecule has 2 aromatic carbocycles. The topological polar surface area (TPSA) is 117 Å². The van der Waals surface area contributed by atoms with E-state index < -0.39 is 46.0 Å². The zero-order valence-corrected chi connectivity index (χ0v) is 16.6. The molecule has 0 aromatic heterocycles. The largest absolute Gasteiger partial charge is 0.486 e. The van der Waals surface area contributed by atoms with Crippen LogP contribution < -0.4 is 14.8 Å². The number of nitrogens with zero attached hydrogens (tertiary/aromatic N) is 1. The molecule has 0 radical (unpaired) electrons. The van der Waals surface area contributed by atoms with Crippen LogP contribution in [0, 0.1) is 10.1 Å². The minimum Gasteiger partial charge on any atom is -0.486 e. The van der Waals surface area contributed by atoms with E-state index in [1.807, 2.05) is 5.32 Å². The van der Waals surface area contributed by atoms with Crippen LogP contribution in [0.4, 0.5) is 24.5 Å². The number of nitro groups is 1. The first-order chi connectivity index (χ1) is 15.0. The van der Waals surface area contributed by atoms with Crippen molar-refractivity contribution in [3.05, 3.63) is 57.6 Å². The van der Waals surface area contributed by atoms with Crippen molar-refractivity contribution in [3.8, 4) is 11.5 Å². The van der Waals surface area contributed by atoms with Crippen molar-refractivity contribution in [1.82, 2.24) is 0 Å². The van der Waals surface area contributed by atoms with E-state index in [-0.39, 0.29) is 6.42 Å². The number of nitro benzene ring substituents is 1. The second-order valence-electron chi connectivity index (χ2n) is 6.76. The Balaban J connectivity index is 1.65. The number of nitrogens with one attached hydrogen (secondary N) is 1. The molecule has 0 saturated carbocycles. The lowest BCUT2D eigenvalue weighted by Gasteiger charge is -2.19. The summed E-state index contributed by atoms with van der Waals surface area (Å²) in [7, 11) is 0. The van der Waals surface area contributed by atoms with Gasteiger partial charge in [-0.15, -0.1) is 0 Å². The summed E-state index contributed by atoms with van der Waals surface area (Å²) in [4.78, 5) is 34.2. The summed E-state index contributed by atoms with van der Waals surface area (Å²) in [6, 6.07) is 6.74. The summed E-state index contributed by atoms with van der Waals surface area (Å²) in [5.74, 6) is -0.821. The van der Waals surface area contributed by atoms with E-state index in [0.717, 1.165) is 12.1 Å². The standard InChI is InChI=1S/C20H17F3N2O7/c1-11(32-18(26)9-12-2-5-16-17(8-12)31-7-6-30-16)19(27)24-15-4-3-13(25(28)29)10-14(15)20(21,22)23/h2-5,8,10-11H,6-7,9H2,1H3,(H,24,27). The number of anilines is 1. The van der Waals surface area contributed by atoms with Crippen LogP contribution in [0.2, 0.25) is 0 Å². The van der Waals surface area contributed by atoms with Gasteiger partial charge in [0.1, 0.15) is 13.2 Å². The lowest BCUT2D eigenvalue weighted by atomic mass is 10.1. The normalized spacial score (nSPS) is 13.8. The fraction of sp³-hybridized carbons (Fsp3) is 0.300. The third-order valence-corrected chi connectivity index (χ3v) is 4.41. The third-order valence-electron chi connectivity index (χ3n) is 4.41. The van der Waals surface area contributed by atoms with E-state index in [0.29, 0.717) is 36.3 Å². The molecule has 0 bridgehead atoms. The number of fused-ring (bicyclic) bond motifs is 1. The summed E-state index contributed by atoms with van der Waals surface area (Å²) in [5, 5.41) is 12.7. The number of carbonyl (C=O) groups excluding carboxylic acids is 2. The molecule has 1 amide bonds. The molecule has 3 rings (SSSR count). The monoisotopic (exact) mass is 454 g/mol. The number of amides is 1. The van der Waals surface area contributed by atoms with Gasteiger partial charge in [-0.25, -0.2) is 0 Å². The number of ether oxygens (including phenoxy) is 3. The molecule has 32 heavy (non-hydrogen) atoms. The van der Waals surface area contributed by atoms with E-state index in [1.165, 1.54) is 6.92 Å². The van der Waals surface area contributed by atoms with Crippen molar-refractivity contribution in [1.29, 1.82) is 0 Å². The Morgan fingerprint density at radius 1 is 1.16 bits per heavy atom. The van der Waals surface area contributed by atoms with Crippen molar-refractivity contribution < 1.29 is 41.9 Å².